The number of nitrogens with zero attached hydrogens (tertiary/aromatic N) is 2. The quantitative estimate of drug-likeness (QED) is 0.899. The summed E-state index contributed by atoms with van der Waals surface area (Å²) in [6.07, 6.45) is -1.08. The Morgan fingerprint density at radius 3 is 2.71 bits per heavy atom. The Balaban J connectivity index is 2.62. The molecule has 2 N–H and O–H groups in total. The molecule has 1 heterocycles. The number of amides is 1. The second-order valence-corrected chi connectivity index (χ2v) is 3.77. The van der Waals surface area contributed by atoms with Gasteiger partial charge in [-0.2, -0.15) is 0 Å². The van der Waals surface area contributed by atoms with Gasteiger partial charge >= 0.3 is 6.09 Å². The smallest absolute Gasteiger partial charge is 0.404 e. The Morgan fingerprint density at radius 1 is 1.64 bits per heavy atom. The van der Waals surface area contributed by atoms with Gasteiger partial charge in [-0.05, 0) is 15.9 Å². The van der Waals surface area contributed by atoms with Crippen molar-refractivity contribution in [2.75, 3.05) is 6.54 Å². The molecule has 0 saturated heterocycles. The third-order valence-electron chi connectivity index (χ3n) is 1.43. The van der Waals surface area contributed by atoms with E-state index in [0.717, 1.165) is 0 Å². The molecule has 0 aliphatic rings. The van der Waals surface area contributed by atoms with Crippen molar-refractivity contribution in [1.82, 2.24) is 14.9 Å². The fourth-order valence-corrected chi connectivity index (χ4v) is 1.97. The van der Waals surface area contributed by atoms with Crippen LogP contribution in [0.3, 0.4) is 0 Å². The van der Waals surface area contributed by atoms with Crippen molar-refractivity contribution in [1.29, 1.82) is 0 Å². The van der Waals surface area contributed by atoms with Crippen LogP contribution in [0, 0.1) is 0 Å². The lowest BCUT2D eigenvalue weighted by Gasteiger charge is -2.04. The first kappa shape index (κ1) is 11.6. The highest BCUT2D eigenvalue weighted by Crippen LogP contribution is 2.25. The van der Waals surface area contributed by atoms with Crippen LogP contribution in [0.4, 0.5) is 4.79 Å². The van der Waals surface area contributed by atoms with E-state index in [-0.39, 0.29) is 16.9 Å². The van der Waals surface area contributed by atoms with E-state index >= 15 is 0 Å². The monoisotopic (exact) mass is 301 g/mol. The van der Waals surface area contributed by atoms with Crippen LogP contribution in [0.5, 0.6) is 0 Å². The zero-order valence-electron chi connectivity index (χ0n) is 6.80. The summed E-state index contributed by atoms with van der Waals surface area (Å²) in [5.74, 6) is 0. The summed E-state index contributed by atoms with van der Waals surface area (Å²) in [6.45, 7) is 0.603. The van der Waals surface area contributed by atoms with Gasteiger partial charge in [0.2, 0.25) is 0 Å². The zero-order chi connectivity index (χ0) is 10.7. The fraction of sp³-hybridized carbons (Fsp3) is 0.333. The van der Waals surface area contributed by atoms with Gasteiger partial charge in [-0.25, -0.2) is 9.78 Å². The lowest BCUT2D eigenvalue weighted by atomic mass is 10.6. The molecule has 14 heavy (non-hydrogen) atoms. The summed E-state index contributed by atoms with van der Waals surface area (Å²) in [7, 11) is 0. The zero-order valence-corrected chi connectivity index (χ0v) is 9.90. The summed E-state index contributed by atoms with van der Waals surface area (Å²) >= 11 is 14.6. The van der Waals surface area contributed by atoms with Crippen molar-refractivity contribution in [2.45, 2.75) is 6.54 Å². The molecule has 1 rings (SSSR count). The molecule has 0 unspecified atom stereocenters. The minimum atomic E-state index is -1.08. The van der Waals surface area contributed by atoms with E-state index in [9.17, 15) is 4.79 Å². The largest absolute Gasteiger partial charge is 0.465 e. The number of carboxylic acid groups (broad SMARTS) is 1. The maximum absolute atomic E-state index is 10.2. The fourth-order valence-electron chi connectivity index (χ4n) is 0.845. The van der Waals surface area contributed by atoms with Gasteiger partial charge in [-0.15, -0.1) is 0 Å². The normalized spacial score (nSPS) is 10.2. The Kier molecular flexibility index (Phi) is 4.03. The second kappa shape index (κ2) is 4.86. The van der Waals surface area contributed by atoms with Gasteiger partial charge in [-0.1, -0.05) is 23.2 Å². The topological polar surface area (TPSA) is 67.2 Å². The number of hydrogen-bond acceptors (Lipinski definition) is 2. The number of halogens is 3. The Labute approximate surface area is 98.1 Å². The van der Waals surface area contributed by atoms with Gasteiger partial charge in [0.25, 0.3) is 0 Å². The molecule has 0 radical (unpaired) electrons. The standard InChI is InChI=1S/C6H6BrCl2N3O2/c7-5-11-3(8)4(9)12(5)2-1-10-6(13)14/h10H,1-2H2,(H,13,14). The van der Waals surface area contributed by atoms with Crippen LogP contribution in [-0.4, -0.2) is 27.3 Å². The number of imidazole rings is 1. The summed E-state index contributed by atoms with van der Waals surface area (Å²) in [5, 5.41) is 11.0. The third kappa shape index (κ3) is 2.76. The molecule has 0 saturated carbocycles. The molecule has 1 aromatic rings. The van der Waals surface area contributed by atoms with Crippen LogP contribution < -0.4 is 5.32 Å². The van der Waals surface area contributed by atoms with E-state index < -0.39 is 6.09 Å². The predicted octanol–water partition coefficient (Wildman–Crippen LogP) is 2.22. The average molecular weight is 303 g/mol. The van der Waals surface area contributed by atoms with E-state index in [1.54, 1.807) is 4.57 Å². The van der Waals surface area contributed by atoms with E-state index in [1.807, 2.05) is 0 Å². The van der Waals surface area contributed by atoms with Crippen LogP contribution in [0.1, 0.15) is 0 Å². The number of nitrogens with one attached hydrogen (secondary N) is 1. The van der Waals surface area contributed by atoms with Gasteiger partial charge in [0.15, 0.2) is 9.89 Å². The van der Waals surface area contributed by atoms with Gasteiger partial charge in [0.05, 0.1) is 0 Å². The lowest BCUT2D eigenvalue weighted by molar-refractivity contribution is 0.194. The Hall–Kier alpha value is -0.460. The molecule has 0 aliphatic heterocycles. The molecule has 78 valence electrons. The van der Waals surface area contributed by atoms with Crippen LogP contribution in [0.15, 0.2) is 4.73 Å². The van der Waals surface area contributed by atoms with Crippen LogP contribution in [0.25, 0.3) is 0 Å². The number of carbonyl (C=O) groups is 1. The van der Waals surface area contributed by atoms with Crippen molar-refractivity contribution in [3.63, 3.8) is 0 Å². The third-order valence-corrected chi connectivity index (χ3v) is 2.78. The minimum Gasteiger partial charge on any atom is -0.465 e. The van der Waals surface area contributed by atoms with Crippen LogP contribution in [0.2, 0.25) is 10.3 Å². The second-order valence-electron chi connectivity index (χ2n) is 2.35. The first-order chi connectivity index (χ1) is 6.52. The lowest BCUT2D eigenvalue weighted by Crippen LogP contribution is -2.25. The predicted molar refractivity (Wildman–Crippen MR) is 56.0 cm³/mol. The highest BCUT2D eigenvalue weighted by atomic mass is 79.9. The van der Waals surface area contributed by atoms with Gasteiger partial charge < -0.3 is 15.0 Å². The SMILES string of the molecule is O=C(O)NCCn1c(Br)nc(Cl)c1Cl. The molecule has 0 fully saturated rings. The first-order valence-corrected chi connectivity index (χ1v) is 5.11. The van der Waals surface area contributed by atoms with Gasteiger partial charge in [-0.3, -0.25) is 0 Å². The first-order valence-electron chi connectivity index (χ1n) is 3.56. The molecule has 0 atom stereocenters. The molecular formula is C6H6BrCl2N3O2. The highest BCUT2D eigenvalue weighted by molar-refractivity contribution is 9.10. The summed E-state index contributed by atoms with van der Waals surface area (Å²) in [6, 6.07) is 0. The minimum absolute atomic E-state index is 0.189. The van der Waals surface area contributed by atoms with E-state index in [0.29, 0.717) is 11.3 Å². The number of aromatic nitrogens is 2. The average Bonchev–Trinajstić information content (AvgIpc) is 2.31. The molecule has 0 aliphatic carbocycles. The number of rotatable bonds is 3. The summed E-state index contributed by atoms with van der Waals surface area (Å²) < 4.78 is 2.03. The van der Waals surface area contributed by atoms with E-state index in [4.69, 9.17) is 28.3 Å². The molecule has 0 spiro atoms. The van der Waals surface area contributed by atoms with Crippen molar-refractivity contribution < 1.29 is 9.90 Å². The number of hydrogen-bond donors (Lipinski definition) is 2. The molecular weight excluding hydrogens is 297 g/mol. The van der Waals surface area contributed by atoms with E-state index in [2.05, 4.69) is 26.2 Å². The summed E-state index contributed by atoms with van der Waals surface area (Å²) in [5.41, 5.74) is 0. The molecule has 1 amide bonds. The molecule has 0 aromatic carbocycles. The summed E-state index contributed by atoms with van der Waals surface area (Å²) in [4.78, 5) is 14.0. The maximum atomic E-state index is 10.2. The molecule has 8 heteroatoms. The maximum Gasteiger partial charge on any atom is 0.404 e. The van der Waals surface area contributed by atoms with Crippen molar-refractivity contribution in [2.24, 2.45) is 0 Å². The molecule has 0 bridgehead atoms. The Bertz CT molecular complexity index is 355. The molecule has 5 nitrogen and oxygen atoms in total. The Morgan fingerprint density at radius 2 is 2.29 bits per heavy atom. The van der Waals surface area contributed by atoms with Gasteiger partial charge in [0, 0.05) is 13.1 Å². The van der Waals surface area contributed by atoms with Crippen molar-refractivity contribution in [3.05, 3.63) is 15.0 Å². The van der Waals surface area contributed by atoms with Crippen molar-refractivity contribution in [3.8, 4) is 0 Å². The molecule has 1 aromatic heterocycles. The van der Waals surface area contributed by atoms with Crippen LogP contribution in [-0.2, 0) is 6.54 Å². The van der Waals surface area contributed by atoms with Crippen LogP contribution >= 0.6 is 39.1 Å². The van der Waals surface area contributed by atoms with Crippen molar-refractivity contribution >= 4 is 45.2 Å². The van der Waals surface area contributed by atoms with Gasteiger partial charge in [0.1, 0.15) is 5.15 Å². The van der Waals surface area contributed by atoms with E-state index in [1.165, 1.54) is 0 Å². The highest BCUT2D eigenvalue weighted by Gasteiger charge is 2.11.